The fourth-order valence-electron chi connectivity index (χ4n) is 2.05. The van der Waals surface area contributed by atoms with E-state index in [4.69, 9.17) is 16.7 Å². The fourth-order valence-corrected chi connectivity index (χ4v) is 3.93. The second-order valence-electron chi connectivity index (χ2n) is 5.46. The number of benzene rings is 2. The highest BCUT2D eigenvalue weighted by atomic mass is 35.5. The summed E-state index contributed by atoms with van der Waals surface area (Å²) in [5, 5.41) is 5.70. The molecule has 0 aliphatic carbocycles. The molecule has 0 fully saturated rings. The third-order valence-corrected chi connectivity index (χ3v) is 6.01. The van der Waals surface area contributed by atoms with Crippen LogP contribution < -0.4 is 9.86 Å². The molecule has 0 spiro atoms. The SMILES string of the molecule is C/C(=C/c1ccc(Cl)cc1)S(=O)(=O)Nc1ccc(C)cc1S(N)(=O)=O. The largest absolute Gasteiger partial charge is 0.279 e. The van der Waals surface area contributed by atoms with E-state index in [9.17, 15) is 16.8 Å². The van der Waals surface area contributed by atoms with Crippen LogP contribution in [0.5, 0.6) is 0 Å². The van der Waals surface area contributed by atoms with Crippen LogP contribution >= 0.6 is 11.6 Å². The van der Waals surface area contributed by atoms with Gasteiger partial charge in [-0.2, -0.15) is 0 Å². The van der Waals surface area contributed by atoms with Crippen LogP contribution in [0.3, 0.4) is 0 Å². The summed E-state index contributed by atoms with van der Waals surface area (Å²) < 4.78 is 50.7. The second-order valence-corrected chi connectivity index (χ2v) is 9.28. The molecule has 0 aliphatic heterocycles. The number of primary sulfonamides is 1. The van der Waals surface area contributed by atoms with Crippen molar-refractivity contribution in [3.63, 3.8) is 0 Å². The molecular formula is C16H17ClN2O4S2. The maximum absolute atomic E-state index is 12.5. The zero-order valence-electron chi connectivity index (χ0n) is 13.5. The summed E-state index contributed by atoms with van der Waals surface area (Å²) in [4.78, 5) is -0.272. The molecule has 9 heteroatoms. The molecule has 3 N–H and O–H groups in total. The molecule has 25 heavy (non-hydrogen) atoms. The van der Waals surface area contributed by atoms with Gasteiger partial charge in [-0.3, -0.25) is 4.72 Å². The number of hydrogen-bond acceptors (Lipinski definition) is 4. The van der Waals surface area contributed by atoms with Gasteiger partial charge in [-0.05, 0) is 55.3 Å². The van der Waals surface area contributed by atoms with Crippen molar-refractivity contribution in [3.05, 3.63) is 63.5 Å². The van der Waals surface area contributed by atoms with Gasteiger partial charge in [-0.25, -0.2) is 22.0 Å². The lowest BCUT2D eigenvalue weighted by Gasteiger charge is -2.12. The lowest BCUT2D eigenvalue weighted by molar-refractivity contribution is 0.598. The first-order chi connectivity index (χ1) is 11.5. The molecule has 6 nitrogen and oxygen atoms in total. The lowest BCUT2D eigenvalue weighted by Crippen LogP contribution is -2.19. The van der Waals surface area contributed by atoms with Crippen LogP contribution in [0, 0.1) is 6.92 Å². The highest BCUT2D eigenvalue weighted by Gasteiger charge is 2.20. The third-order valence-electron chi connectivity index (χ3n) is 3.35. The van der Waals surface area contributed by atoms with Crippen molar-refractivity contribution in [2.75, 3.05) is 4.72 Å². The van der Waals surface area contributed by atoms with Gasteiger partial charge in [0.1, 0.15) is 4.90 Å². The van der Waals surface area contributed by atoms with Crippen LogP contribution in [0.1, 0.15) is 18.1 Å². The molecular weight excluding hydrogens is 384 g/mol. The maximum atomic E-state index is 12.5. The number of aryl methyl sites for hydroxylation is 1. The molecule has 2 rings (SSSR count). The highest BCUT2D eigenvalue weighted by Crippen LogP contribution is 2.25. The van der Waals surface area contributed by atoms with E-state index in [1.54, 1.807) is 37.3 Å². The van der Waals surface area contributed by atoms with Crippen LogP contribution in [0.4, 0.5) is 5.69 Å². The summed E-state index contributed by atoms with van der Waals surface area (Å²) in [5.74, 6) is 0. The summed E-state index contributed by atoms with van der Waals surface area (Å²) in [7, 11) is -8.04. The number of halogens is 1. The Kier molecular flexibility index (Phi) is 5.58. The monoisotopic (exact) mass is 400 g/mol. The third kappa shape index (κ3) is 5.05. The van der Waals surface area contributed by atoms with Gasteiger partial charge in [0.15, 0.2) is 0 Å². The number of sulfonamides is 2. The maximum Gasteiger partial charge on any atom is 0.257 e. The summed E-state index contributed by atoms with van der Waals surface area (Å²) in [6.45, 7) is 3.08. The van der Waals surface area contributed by atoms with Crippen LogP contribution in [0.25, 0.3) is 6.08 Å². The van der Waals surface area contributed by atoms with Crippen molar-refractivity contribution in [1.29, 1.82) is 0 Å². The second kappa shape index (κ2) is 7.17. The fraction of sp³-hybridized carbons (Fsp3) is 0.125. The van der Waals surface area contributed by atoms with Gasteiger partial charge >= 0.3 is 0 Å². The number of anilines is 1. The van der Waals surface area contributed by atoms with Crippen molar-refractivity contribution in [3.8, 4) is 0 Å². The topological polar surface area (TPSA) is 106 Å². The van der Waals surface area contributed by atoms with E-state index in [0.717, 1.165) is 0 Å². The molecule has 0 radical (unpaired) electrons. The molecule has 2 aromatic carbocycles. The minimum absolute atomic E-state index is 0.00997. The Morgan fingerprint density at radius 2 is 1.68 bits per heavy atom. The number of nitrogens with one attached hydrogen (secondary N) is 1. The molecule has 0 saturated heterocycles. The number of nitrogens with two attached hydrogens (primary N) is 1. The summed E-state index contributed by atoms with van der Waals surface area (Å²) in [5.41, 5.74) is 1.18. The molecule has 0 aromatic heterocycles. The van der Waals surface area contributed by atoms with E-state index in [-0.39, 0.29) is 15.5 Å². The number of allylic oxidation sites excluding steroid dienone is 1. The van der Waals surface area contributed by atoms with Gasteiger partial charge in [0.2, 0.25) is 10.0 Å². The molecule has 0 unspecified atom stereocenters. The highest BCUT2D eigenvalue weighted by molar-refractivity contribution is 7.96. The van der Waals surface area contributed by atoms with Crippen molar-refractivity contribution < 1.29 is 16.8 Å². The number of hydrogen-bond donors (Lipinski definition) is 2. The van der Waals surface area contributed by atoms with Crippen LogP contribution in [-0.4, -0.2) is 16.8 Å². The molecule has 0 atom stereocenters. The Labute approximate surface area is 152 Å². The zero-order chi connectivity index (χ0) is 18.8. The summed E-state index contributed by atoms with van der Waals surface area (Å²) >= 11 is 5.80. The van der Waals surface area contributed by atoms with E-state index in [0.29, 0.717) is 16.1 Å². The Bertz CT molecular complexity index is 1030. The quantitative estimate of drug-likeness (QED) is 0.804. The van der Waals surface area contributed by atoms with E-state index in [1.807, 2.05) is 0 Å². The van der Waals surface area contributed by atoms with Crippen molar-refractivity contribution in [2.24, 2.45) is 5.14 Å². The molecule has 0 saturated carbocycles. The standard InChI is InChI=1S/C16H17ClN2O4S2/c1-11-3-8-15(16(9-11)24(18,20)21)19-25(22,23)12(2)10-13-4-6-14(17)7-5-13/h3-10,19H,1-2H3,(H2,18,20,21)/b12-10-. The lowest BCUT2D eigenvalue weighted by atomic mass is 10.2. The van der Waals surface area contributed by atoms with Crippen LogP contribution in [0.15, 0.2) is 52.3 Å². The molecule has 0 heterocycles. The minimum Gasteiger partial charge on any atom is -0.279 e. The van der Waals surface area contributed by atoms with Gasteiger partial charge < -0.3 is 0 Å². The normalized spacial score (nSPS) is 12.9. The summed E-state index contributed by atoms with van der Waals surface area (Å²) in [6, 6.07) is 10.9. The van der Waals surface area contributed by atoms with Crippen molar-refractivity contribution >= 4 is 43.4 Å². The van der Waals surface area contributed by atoms with Gasteiger partial charge in [0, 0.05) is 5.02 Å². The van der Waals surface area contributed by atoms with Gasteiger partial charge in [-0.1, -0.05) is 29.8 Å². The van der Waals surface area contributed by atoms with Crippen molar-refractivity contribution in [1.82, 2.24) is 0 Å². The Balaban J connectivity index is 2.41. The predicted octanol–water partition coefficient (Wildman–Crippen LogP) is 3.10. The van der Waals surface area contributed by atoms with E-state index < -0.39 is 20.0 Å². The van der Waals surface area contributed by atoms with Gasteiger partial charge in [0.25, 0.3) is 10.0 Å². The van der Waals surface area contributed by atoms with E-state index in [2.05, 4.69) is 4.72 Å². The minimum atomic E-state index is -4.08. The Hall–Kier alpha value is -1.87. The van der Waals surface area contributed by atoms with E-state index in [1.165, 1.54) is 25.1 Å². The average molecular weight is 401 g/mol. The Morgan fingerprint density at radius 1 is 1.08 bits per heavy atom. The molecule has 0 bridgehead atoms. The van der Waals surface area contributed by atoms with Crippen LogP contribution in [-0.2, 0) is 20.0 Å². The smallest absolute Gasteiger partial charge is 0.257 e. The number of rotatable bonds is 5. The first-order valence-corrected chi connectivity index (χ1v) is 10.5. The molecule has 0 aliphatic rings. The van der Waals surface area contributed by atoms with E-state index >= 15 is 0 Å². The molecule has 0 amide bonds. The molecule has 2 aromatic rings. The summed E-state index contributed by atoms with van der Waals surface area (Å²) in [6.07, 6.45) is 1.45. The average Bonchev–Trinajstić information content (AvgIpc) is 2.50. The first kappa shape index (κ1) is 19.5. The Morgan fingerprint density at radius 3 is 2.24 bits per heavy atom. The molecule has 134 valence electrons. The van der Waals surface area contributed by atoms with Crippen molar-refractivity contribution in [2.45, 2.75) is 18.7 Å². The first-order valence-electron chi connectivity index (χ1n) is 7.09. The van der Waals surface area contributed by atoms with Gasteiger partial charge in [0.05, 0.1) is 10.6 Å². The van der Waals surface area contributed by atoms with Gasteiger partial charge in [-0.15, -0.1) is 0 Å². The van der Waals surface area contributed by atoms with Crippen LogP contribution in [0.2, 0.25) is 5.02 Å². The zero-order valence-corrected chi connectivity index (χ0v) is 15.9. The predicted molar refractivity (Wildman–Crippen MR) is 100 cm³/mol.